The van der Waals surface area contributed by atoms with Gasteiger partial charge < -0.3 is 25.3 Å². The van der Waals surface area contributed by atoms with Gasteiger partial charge in [-0.05, 0) is 5.56 Å². The first-order chi connectivity index (χ1) is 14.3. The first kappa shape index (κ1) is 21.8. The maximum absolute atomic E-state index is 12.5. The van der Waals surface area contributed by atoms with Crippen LogP contribution in [0.15, 0.2) is 40.2 Å². The summed E-state index contributed by atoms with van der Waals surface area (Å²) < 4.78 is 3.91. The normalized spacial score (nSPS) is 14.7. The first-order valence-corrected chi connectivity index (χ1v) is 9.22. The highest BCUT2D eigenvalue weighted by Gasteiger charge is 2.20. The van der Waals surface area contributed by atoms with E-state index >= 15 is 0 Å². The third kappa shape index (κ3) is 4.05. The molecule has 0 spiro atoms. The van der Waals surface area contributed by atoms with Crippen molar-refractivity contribution < 1.29 is 20.6 Å². The molecule has 0 fully saturated rings. The molecule has 12 nitrogen and oxygen atoms in total. The molecule has 12 heteroatoms. The molecular weight excluding hydrogens is 396 g/mol. The molecular formula is C18H24N6O6. The summed E-state index contributed by atoms with van der Waals surface area (Å²) in [4.78, 5) is 28.6. The monoisotopic (exact) mass is 420 g/mol. The summed E-state index contributed by atoms with van der Waals surface area (Å²) in [6, 6.07) is 5.04. The average molecular weight is 420 g/mol. The van der Waals surface area contributed by atoms with E-state index in [0.29, 0.717) is 18.7 Å². The summed E-state index contributed by atoms with van der Waals surface area (Å²) in [6.07, 6.45) is 0.397. The van der Waals surface area contributed by atoms with Crippen LogP contribution in [0.4, 0.5) is 5.69 Å². The maximum Gasteiger partial charge on any atom is 0.332 e. The Morgan fingerprint density at radius 2 is 1.87 bits per heavy atom. The summed E-state index contributed by atoms with van der Waals surface area (Å²) in [5.74, 6) is 0. The second kappa shape index (κ2) is 8.87. The van der Waals surface area contributed by atoms with Gasteiger partial charge in [0.2, 0.25) is 0 Å². The van der Waals surface area contributed by atoms with Crippen LogP contribution in [0.25, 0.3) is 11.2 Å². The van der Waals surface area contributed by atoms with Gasteiger partial charge in [-0.2, -0.15) is 5.23 Å². The molecule has 5 N–H and O–H groups in total. The predicted octanol–water partition coefficient (Wildman–Crippen LogP) is -2.48. The van der Waals surface area contributed by atoms with Gasteiger partial charge in [0, 0.05) is 39.3 Å². The minimum atomic E-state index is -1.07. The van der Waals surface area contributed by atoms with Gasteiger partial charge in [-0.1, -0.05) is 12.1 Å². The molecule has 30 heavy (non-hydrogen) atoms. The Morgan fingerprint density at radius 3 is 2.47 bits per heavy atom. The number of aryl methyl sites for hydroxylation is 1. The van der Waals surface area contributed by atoms with Crippen LogP contribution in [0.5, 0.6) is 0 Å². The predicted molar refractivity (Wildman–Crippen MR) is 106 cm³/mol. The van der Waals surface area contributed by atoms with E-state index in [0.717, 1.165) is 4.57 Å². The number of benzene rings is 1. The lowest BCUT2D eigenvalue weighted by Crippen LogP contribution is -2.99. The van der Waals surface area contributed by atoms with Gasteiger partial charge >= 0.3 is 5.69 Å². The highest BCUT2D eigenvalue weighted by Crippen LogP contribution is 2.18. The second-order valence-electron chi connectivity index (χ2n) is 6.93. The number of nitrogens with zero attached hydrogens (tertiary/aromatic N) is 4. The highest BCUT2D eigenvalue weighted by molar-refractivity contribution is 5.69. The first-order valence-electron chi connectivity index (χ1n) is 9.22. The summed E-state index contributed by atoms with van der Waals surface area (Å²) in [7, 11) is 2.93. The lowest BCUT2D eigenvalue weighted by molar-refractivity contribution is -0.991. The van der Waals surface area contributed by atoms with Gasteiger partial charge in [0.15, 0.2) is 16.9 Å². The average Bonchev–Trinajstić information content (AvgIpc) is 3.17. The molecule has 1 aromatic carbocycles. The summed E-state index contributed by atoms with van der Waals surface area (Å²) in [5, 5.41) is 42.0. The number of aromatic nitrogens is 4. The molecule has 1 unspecified atom stereocenters. The fourth-order valence-corrected chi connectivity index (χ4v) is 3.27. The van der Waals surface area contributed by atoms with Crippen LogP contribution < -0.4 is 21.8 Å². The van der Waals surface area contributed by atoms with Crippen molar-refractivity contribution in [1.29, 1.82) is 0 Å². The van der Waals surface area contributed by atoms with Crippen molar-refractivity contribution in [1.82, 2.24) is 24.0 Å². The number of nitrogens with one attached hydrogen (secondary N) is 2. The molecule has 3 rings (SSSR count). The zero-order chi connectivity index (χ0) is 22.0. The van der Waals surface area contributed by atoms with Crippen LogP contribution in [0, 0.1) is 5.21 Å². The molecule has 2 aromatic heterocycles. The lowest BCUT2D eigenvalue weighted by Gasteiger charge is -2.23. The molecule has 0 saturated heterocycles. The molecule has 0 bridgehead atoms. The highest BCUT2D eigenvalue weighted by atomic mass is 16.8. The molecule has 0 aliphatic heterocycles. The third-order valence-corrected chi connectivity index (χ3v) is 5.05. The number of aliphatic hydroxyl groups is 2. The second-order valence-corrected chi connectivity index (χ2v) is 6.93. The molecule has 0 amide bonds. The van der Waals surface area contributed by atoms with Crippen LogP contribution in [0.2, 0.25) is 0 Å². The van der Waals surface area contributed by atoms with Crippen LogP contribution in [-0.2, 0) is 20.6 Å². The fourth-order valence-electron chi connectivity index (χ4n) is 3.27. The van der Waals surface area contributed by atoms with Crippen molar-refractivity contribution in [3.63, 3.8) is 0 Å². The lowest BCUT2D eigenvalue weighted by atomic mass is 10.0. The van der Waals surface area contributed by atoms with Gasteiger partial charge in [-0.25, -0.2) is 15.0 Å². The smallest absolute Gasteiger partial charge is 0.332 e. The number of imidazole rings is 1. The summed E-state index contributed by atoms with van der Waals surface area (Å²) in [6.45, 7) is 0.251. The SMILES string of the molecule is Cn1c(=O)c2c(ncn2CCN[C@H](CO)[C@H](O)c2ccc([NH+]([O-])O)cc2)n(C)c1=O. The van der Waals surface area contributed by atoms with Gasteiger partial charge in [-0.3, -0.25) is 13.9 Å². The van der Waals surface area contributed by atoms with E-state index < -0.39 is 28.6 Å². The van der Waals surface area contributed by atoms with E-state index in [4.69, 9.17) is 5.21 Å². The topological polar surface area (TPSA) is 162 Å². The third-order valence-electron chi connectivity index (χ3n) is 5.05. The van der Waals surface area contributed by atoms with Crippen molar-refractivity contribution in [2.75, 3.05) is 13.2 Å². The molecule has 2 heterocycles. The van der Waals surface area contributed by atoms with Crippen molar-refractivity contribution in [3.05, 3.63) is 62.2 Å². The van der Waals surface area contributed by atoms with Gasteiger partial charge in [0.25, 0.3) is 5.56 Å². The van der Waals surface area contributed by atoms with E-state index in [1.807, 2.05) is 0 Å². The molecule has 162 valence electrons. The molecule has 3 atom stereocenters. The molecule has 0 saturated carbocycles. The summed E-state index contributed by atoms with van der Waals surface area (Å²) >= 11 is 0. The zero-order valence-corrected chi connectivity index (χ0v) is 16.5. The van der Waals surface area contributed by atoms with Crippen LogP contribution in [0.3, 0.4) is 0 Å². The summed E-state index contributed by atoms with van der Waals surface area (Å²) in [5.41, 5.74) is 0.203. The van der Waals surface area contributed by atoms with Crippen LogP contribution in [-0.4, -0.2) is 53.3 Å². The van der Waals surface area contributed by atoms with Crippen molar-refractivity contribution in [2.45, 2.75) is 18.7 Å². The number of hydrogen-bond acceptors (Lipinski definition) is 8. The van der Waals surface area contributed by atoms with E-state index in [1.165, 1.54) is 49.3 Å². The molecule has 0 radical (unpaired) electrons. The Morgan fingerprint density at radius 1 is 1.20 bits per heavy atom. The Balaban J connectivity index is 1.72. The number of aliphatic hydroxyl groups excluding tert-OH is 2. The van der Waals surface area contributed by atoms with Gasteiger partial charge in [0.1, 0.15) is 0 Å². The van der Waals surface area contributed by atoms with Crippen LogP contribution in [0.1, 0.15) is 11.7 Å². The van der Waals surface area contributed by atoms with Gasteiger partial charge in [0.05, 0.1) is 25.1 Å². The fraction of sp³-hybridized carbons (Fsp3) is 0.389. The van der Waals surface area contributed by atoms with E-state index in [-0.39, 0.29) is 23.5 Å². The van der Waals surface area contributed by atoms with E-state index in [9.17, 15) is 25.0 Å². The molecule has 0 aliphatic rings. The Labute approximate surface area is 170 Å². The number of quaternary nitrogens is 1. The van der Waals surface area contributed by atoms with E-state index in [1.54, 1.807) is 4.57 Å². The van der Waals surface area contributed by atoms with Crippen molar-refractivity contribution in [3.8, 4) is 0 Å². The molecule has 3 aromatic rings. The van der Waals surface area contributed by atoms with Gasteiger partial charge in [-0.15, -0.1) is 0 Å². The molecule has 0 aliphatic carbocycles. The van der Waals surface area contributed by atoms with E-state index in [2.05, 4.69) is 10.3 Å². The largest absolute Gasteiger partial charge is 0.595 e. The standard InChI is InChI=1S/C18H24N6O6/c1-21-16-14(17(27)22(2)18(21)28)23(10-20-16)8-7-19-13(9-25)15(26)11-3-5-12(6-4-11)24(29)30/h3-6,10,13,15,19,24-26,29H,7-9H2,1-2H3/t13-,15-/m1/s1. The Kier molecular flexibility index (Phi) is 6.45. The minimum absolute atomic E-state index is 0.0995. The Bertz CT molecular complexity index is 1130. The number of hydrogen-bond donors (Lipinski definition) is 5. The maximum atomic E-state index is 12.5. The number of fused-ring (bicyclic) bond motifs is 1. The Hall–Kier alpha value is -2.87. The van der Waals surface area contributed by atoms with Crippen molar-refractivity contribution >= 4 is 16.9 Å². The zero-order valence-electron chi connectivity index (χ0n) is 16.5. The van der Waals surface area contributed by atoms with Crippen LogP contribution >= 0.6 is 0 Å². The quantitative estimate of drug-likeness (QED) is 0.250. The minimum Gasteiger partial charge on any atom is -0.595 e. The number of rotatable bonds is 8. The van der Waals surface area contributed by atoms with Crippen molar-refractivity contribution in [2.24, 2.45) is 14.1 Å².